The van der Waals surface area contributed by atoms with Crippen LogP contribution in [-0.2, 0) is 6.42 Å². The molecule has 1 N–H and O–H groups in total. The van der Waals surface area contributed by atoms with E-state index in [1.54, 1.807) is 0 Å². The van der Waals surface area contributed by atoms with E-state index in [1.165, 1.54) is 50.9 Å². The molecule has 0 radical (unpaired) electrons. The first-order chi connectivity index (χ1) is 9.79. The lowest BCUT2D eigenvalue weighted by molar-refractivity contribution is 0.172. The van der Waals surface area contributed by atoms with Crippen molar-refractivity contribution in [2.24, 2.45) is 11.8 Å². The molecule has 110 valence electrons. The predicted octanol–water partition coefficient (Wildman–Crippen LogP) is 2.94. The molecule has 0 amide bonds. The lowest BCUT2D eigenvalue weighted by Crippen LogP contribution is -2.52. The third kappa shape index (κ3) is 3.83. The maximum atomic E-state index is 3.69. The number of nitrogens with one attached hydrogen (secondary N) is 1. The second-order valence-electron chi connectivity index (χ2n) is 6.88. The molecule has 1 aliphatic carbocycles. The molecule has 1 aromatic carbocycles. The molecule has 2 fully saturated rings. The van der Waals surface area contributed by atoms with Crippen LogP contribution in [0.5, 0.6) is 0 Å². The number of hydrogen-bond donors (Lipinski definition) is 1. The van der Waals surface area contributed by atoms with Crippen molar-refractivity contribution in [3.8, 4) is 0 Å². The molecule has 0 spiro atoms. The van der Waals surface area contributed by atoms with E-state index >= 15 is 0 Å². The van der Waals surface area contributed by atoms with Crippen molar-refractivity contribution in [2.75, 3.05) is 26.2 Å². The first-order valence-corrected chi connectivity index (χ1v) is 8.29. The Kier molecular flexibility index (Phi) is 4.74. The van der Waals surface area contributed by atoms with E-state index in [1.807, 2.05) is 0 Å². The molecule has 0 bridgehead atoms. The summed E-state index contributed by atoms with van der Waals surface area (Å²) < 4.78 is 0. The molecule has 1 heterocycles. The van der Waals surface area contributed by atoms with Crippen molar-refractivity contribution in [1.82, 2.24) is 10.2 Å². The smallest absolute Gasteiger partial charge is 0.0235 e. The molecule has 1 saturated heterocycles. The second kappa shape index (κ2) is 6.73. The highest BCUT2D eigenvalue weighted by atomic mass is 15.2. The van der Waals surface area contributed by atoms with E-state index in [9.17, 15) is 0 Å². The van der Waals surface area contributed by atoms with E-state index in [2.05, 4.69) is 47.5 Å². The summed E-state index contributed by atoms with van der Waals surface area (Å²) in [6.07, 6.45) is 5.52. The van der Waals surface area contributed by atoms with Crippen molar-refractivity contribution in [1.29, 1.82) is 0 Å². The summed E-state index contributed by atoms with van der Waals surface area (Å²) in [5.41, 5.74) is 1.46. The number of benzene rings is 1. The zero-order chi connectivity index (χ0) is 13.8. The van der Waals surface area contributed by atoms with Crippen LogP contribution in [0, 0.1) is 11.8 Å². The van der Waals surface area contributed by atoms with Crippen LogP contribution in [-0.4, -0.2) is 37.1 Å². The first-order valence-electron chi connectivity index (χ1n) is 8.29. The van der Waals surface area contributed by atoms with Gasteiger partial charge in [-0.3, -0.25) is 0 Å². The maximum absolute atomic E-state index is 3.69. The molecule has 1 saturated carbocycles. The Morgan fingerprint density at radius 2 is 2.05 bits per heavy atom. The topological polar surface area (TPSA) is 15.3 Å². The highest BCUT2D eigenvalue weighted by Crippen LogP contribution is 2.31. The average Bonchev–Trinajstić information content (AvgIpc) is 2.86. The largest absolute Gasteiger partial charge is 0.311 e. The summed E-state index contributed by atoms with van der Waals surface area (Å²) in [4.78, 5) is 2.70. The van der Waals surface area contributed by atoms with Gasteiger partial charge in [-0.2, -0.15) is 0 Å². The van der Waals surface area contributed by atoms with Crippen LogP contribution in [0.15, 0.2) is 30.3 Å². The van der Waals surface area contributed by atoms with E-state index < -0.39 is 0 Å². The van der Waals surface area contributed by atoms with E-state index in [-0.39, 0.29) is 0 Å². The molecule has 0 aromatic heterocycles. The van der Waals surface area contributed by atoms with Gasteiger partial charge in [0.1, 0.15) is 0 Å². The van der Waals surface area contributed by atoms with Gasteiger partial charge in [-0.15, -0.1) is 0 Å². The minimum Gasteiger partial charge on any atom is -0.311 e. The van der Waals surface area contributed by atoms with Gasteiger partial charge in [-0.05, 0) is 36.7 Å². The molecule has 1 aliphatic heterocycles. The van der Waals surface area contributed by atoms with Crippen LogP contribution >= 0.6 is 0 Å². The van der Waals surface area contributed by atoms with Crippen molar-refractivity contribution in [2.45, 2.75) is 38.6 Å². The lowest BCUT2D eigenvalue weighted by atomic mass is 10.0. The van der Waals surface area contributed by atoms with Crippen LogP contribution in [0.25, 0.3) is 0 Å². The second-order valence-corrected chi connectivity index (χ2v) is 6.88. The Bertz CT molecular complexity index is 403. The lowest BCUT2D eigenvalue weighted by Gasteiger charge is -2.35. The highest BCUT2D eigenvalue weighted by Gasteiger charge is 2.26. The zero-order valence-corrected chi connectivity index (χ0v) is 12.7. The first kappa shape index (κ1) is 14.1. The minimum atomic E-state index is 0.630. The molecular formula is C18H28N2. The summed E-state index contributed by atoms with van der Waals surface area (Å²) in [6, 6.07) is 11.5. The normalized spacial score (nSPS) is 31.6. The summed E-state index contributed by atoms with van der Waals surface area (Å²) in [7, 11) is 0. The standard InChI is InChI=1S/C18H28N2/c1-15-7-8-17(11-15)13-20-10-9-19-18(14-20)12-16-5-3-2-4-6-16/h2-6,15,17-19H,7-14H2,1H3. The van der Waals surface area contributed by atoms with Gasteiger partial charge in [0.2, 0.25) is 0 Å². The fourth-order valence-corrected chi connectivity index (χ4v) is 3.95. The summed E-state index contributed by atoms with van der Waals surface area (Å²) in [5, 5.41) is 3.69. The summed E-state index contributed by atoms with van der Waals surface area (Å²) in [5.74, 6) is 1.92. The van der Waals surface area contributed by atoms with Crippen LogP contribution < -0.4 is 5.32 Å². The molecule has 20 heavy (non-hydrogen) atoms. The number of nitrogens with zero attached hydrogens (tertiary/aromatic N) is 1. The molecule has 3 rings (SSSR count). The zero-order valence-electron chi connectivity index (χ0n) is 12.7. The fourth-order valence-electron chi connectivity index (χ4n) is 3.95. The van der Waals surface area contributed by atoms with Gasteiger partial charge in [-0.1, -0.05) is 43.7 Å². The van der Waals surface area contributed by atoms with Gasteiger partial charge in [-0.25, -0.2) is 0 Å². The Hall–Kier alpha value is -0.860. The SMILES string of the molecule is CC1CCC(CN2CCNC(Cc3ccccc3)C2)C1. The van der Waals surface area contributed by atoms with Crippen molar-refractivity contribution in [3.05, 3.63) is 35.9 Å². The van der Waals surface area contributed by atoms with Gasteiger partial charge >= 0.3 is 0 Å². The molecule has 2 aliphatic rings. The van der Waals surface area contributed by atoms with Gasteiger partial charge < -0.3 is 10.2 Å². The van der Waals surface area contributed by atoms with Crippen LogP contribution in [0.1, 0.15) is 31.7 Å². The fraction of sp³-hybridized carbons (Fsp3) is 0.667. The van der Waals surface area contributed by atoms with Crippen molar-refractivity contribution >= 4 is 0 Å². The van der Waals surface area contributed by atoms with Gasteiger partial charge in [0.15, 0.2) is 0 Å². The Labute approximate surface area is 123 Å². The predicted molar refractivity (Wildman–Crippen MR) is 84.9 cm³/mol. The molecule has 1 aromatic rings. The van der Waals surface area contributed by atoms with E-state index in [4.69, 9.17) is 0 Å². The average molecular weight is 272 g/mol. The summed E-state index contributed by atoms with van der Waals surface area (Å²) >= 11 is 0. The quantitative estimate of drug-likeness (QED) is 0.906. The molecular weight excluding hydrogens is 244 g/mol. The molecule has 3 unspecified atom stereocenters. The van der Waals surface area contributed by atoms with Gasteiger partial charge in [0.25, 0.3) is 0 Å². The highest BCUT2D eigenvalue weighted by molar-refractivity contribution is 5.16. The van der Waals surface area contributed by atoms with Gasteiger partial charge in [0, 0.05) is 32.2 Å². The third-order valence-electron chi connectivity index (χ3n) is 4.98. The monoisotopic (exact) mass is 272 g/mol. The summed E-state index contributed by atoms with van der Waals surface area (Å²) in [6.45, 7) is 7.35. The minimum absolute atomic E-state index is 0.630. The molecule has 2 heteroatoms. The number of hydrogen-bond acceptors (Lipinski definition) is 2. The number of piperazine rings is 1. The van der Waals surface area contributed by atoms with Crippen LogP contribution in [0.4, 0.5) is 0 Å². The van der Waals surface area contributed by atoms with E-state index in [0.717, 1.165) is 18.4 Å². The van der Waals surface area contributed by atoms with E-state index in [0.29, 0.717) is 6.04 Å². The van der Waals surface area contributed by atoms with Gasteiger partial charge in [0.05, 0.1) is 0 Å². The number of rotatable bonds is 4. The molecule has 2 nitrogen and oxygen atoms in total. The van der Waals surface area contributed by atoms with Crippen molar-refractivity contribution < 1.29 is 0 Å². The maximum Gasteiger partial charge on any atom is 0.0235 e. The van der Waals surface area contributed by atoms with Crippen LogP contribution in [0.2, 0.25) is 0 Å². The van der Waals surface area contributed by atoms with Crippen molar-refractivity contribution in [3.63, 3.8) is 0 Å². The van der Waals surface area contributed by atoms with Crippen LogP contribution in [0.3, 0.4) is 0 Å². The Balaban J connectivity index is 1.49. The Morgan fingerprint density at radius 3 is 2.80 bits per heavy atom. The third-order valence-corrected chi connectivity index (χ3v) is 4.98. The Morgan fingerprint density at radius 1 is 1.20 bits per heavy atom. The molecule has 3 atom stereocenters.